The Morgan fingerprint density at radius 1 is 1.44 bits per heavy atom. The van der Waals surface area contributed by atoms with Crippen molar-refractivity contribution in [3.63, 3.8) is 0 Å². The van der Waals surface area contributed by atoms with E-state index in [-0.39, 0.29) is 0 Å². The lowest BCUT2D eigenvalue weighted by atomic mass is 10.4. The second-order valence-corrected chi connectivity index (χ2v) is 5.98. The molecule has 0 fully saturated rings. The summed E-state index contributed by atoms with van der Waals surface area (Å²) in [5.74, 6) is 1.77. The molecule has 84 valence electrons. The minimum absolute atomic E-state index is 0.839. The van der Waals surface area contributed by atoms with Crippen molar-refractivity contribution in [1.29, 1.82) is 0 Å². The van der Waals surface area contributed by atoms with Gasteiger partial charge in [-0.1, -0.05) is 18.7 Å². The normalized spacial score (nSPS) is 10.6. The van der Waals surface area contributed by atoms with Crippen LogP contribution in [0.4, 0.5) is 0 Å². The number of aromatic nitrogens is 3. The summed E-state index contributed by atoms with van der Waals surface area (Å²) in [5, 5.41) is 0. The number of pyridine rings is 1. The van der Waals surface area contributed by atoms with Gasteiger partial charge in [-0.25, -0.2) is 4.98 Å². The summed E-state index contributed by atoms with van der Waals surface area (Å²) in [7, 11) is 0. The van der Waals surface area contributed by atoms with Gasteiger partial charge in [0.05, 0.1) is 5.69 Å². The average Bonchev–Trinajstić information content (AvgIpc) is 2.76. The SMILES string of the molecule is CCc1nsc(SCc2ccc(Br)cn2)n1. The first-order valence-corrected chi connectivity index (χ1v) is 7.39. The van der Waals surface area contributed by atoms with Gasteiger partial charge in [-0.3, -0.25) is 4.98 Å². The van der Waals surface area contributed by atoms with Crippen LogP contribution in [-0.4, -0.2) is 14.3 Å². The maximum Gasteiger partial charge on any atom is 0.170 e. The molecule has 6 heteroatoms. The Morgan fingerprint density at radius 3 is 2.94 bits per heavy atom. The summed E-state index contributed by atoms with van der Waals surface area (Å²) in [5.41, 5.74) is 1.06. The molecule has 2 aromatic heterocycles. The summed E-state index contributed by atoms with van der Waals surface area (Å²) in [6.07, 6.45) is 2.71. The first kappa shape index (κ1) is 12.0. The fourth-order valence-corrected chi connectivity index (χ4v) is 2.91. The Balaban J connectivity index is 1.94. The highest BCUT2D eigenvalue weighted by atomic mass is 79.9. The van der Waals surface area contributed by atoms with Crippen LogP contribution in [0.5, 0.6) is 0 Å². The number of rotatable bonds is 4. The molecule has 0 aliphatic rings. The summed E-state index contributed by atoms with van der Waals surface area (Å²) in [4.78, 5) is 8.70. The summed E-state index contributed by atoms with van der Waals surface area (Å²) < 4.78 is 6.26. The molecule has 0 amide bonds. The molecule has 0 aromatic carbocycles. The summed E-state index contributed by atoms with van der Waals surface area (Å²) in [6, 6.07) is 4.01. The maximum atomic E-state index is 4.39. The number of hydrogen-bond donors (Lipinski definition) is 0. The molecule has 0 saturated heterocycles. The van der Waals surface area contributed by atoms with Gasteiger partial charge >= 0.3 is 0 Å². The van der Waals surface area contributed by atoms with E-state index in [9.17, 15) is 0 Å². The maximum absolute atomic E-state index is 4.39. The lowest BCUT2D eigenvalue weighted by Crippen LogP contribution is -1.85. The molecule has 0 bridgehead atoms. The summed E-state index contributed by atoms with van der Waals surface area (Å²) >= 11 is 6.51. The molecule has 0 unspecified atom stereocenters. The molecule has 0 N–H and O–H groups in total. The fourth-order valence-electron chi connectivity index (χ4n) is 1.07. The zero-order valence-corrected chi connectivity index (χ0v) is 11.9. The lowest BCUT2D eigenvalue weighted by Gasteiger charge is -1.97. The number of hydrogen-bond acceptors (Lipinski definition) is 5. The van der Waals surface area contributed by atoms with E-state index in [1.165, 1.54) is 11.5 Å². The third kappa shape index (κ3) is 3.26. The number of halogens is 1. The van der Waals surface area contributed by atoms with Crippen molar-refractivity contribution in [3.8, 4) is 0 Å². The van der Waals surface area contributed by atoms with Gasteiger partial charge in [0.15, 0.2) is 4.34 Å². The minimum Gasteiger partial charge on any atom is -0.259 e. The van der Waals surface area contributed by atoms with Gasteiger partial charge in [0.1, 0.15) is 5.82 Å². The standard InChI is InChI=1S/C10H10BrN3S2/c1-2-9-13-10(16-14-9)15-6-8-4-3-7(11)5-12-8/h3-5H,2,6H2,1H3. The van der Waals surface area contributed by atoms with Crippen LogP contribution in [0.1, 0.15) is 18.4 Å². The van der Waals surface area contributed by atoms with Crippen LogP contribution in [0, 0.1) is 0 Å². The van der Waals surface area contributed by atoms with E-state index in [0.717, 1.165) is 32.5 Å². The van der Waals surface area contributed by atoms with Crippen LogP contribution in [0.15, 0.2) is 27.1 Å². The van der Waals surface area contributed by atoms with Crippen molar-refractivity contribution < 1.29 is 0 Å². The first-order valence-electron chi connectivity index (χ1n) is 4.83. The minimum atomic E-state index is 0.839. The van der Waals surface area contributed by atoms with Gasteiger partial charge in [0.25, 0.3) is 0 Å². The van der Waals surface area contributed by atoms with Crippen molar-refractivity contribution in [3.05, 3.63) is 34.3 Å². The van der Waals surface area contributed by atoms with Gasteiger partial charge in [0, 0.05) is 22.8 Å². The second kappa shape index (κ2) is 5.75. The van der Waals surface area contributed by atoms with Crippen LogP contribution < -0.4 is 0 Å². The average molecular weight is 316 g/mol. The third-order valence-corrected chi connectivity index (χ3v) is 4.27. The summed E-state index contributed by atoms with van der Waals surface area (Å²) in [6.45, 7) is 2.06. The number of thioether (sulfide) groups is 1. The van der Waals surface area contributed by atoms with E-state index in [0.29, 0.717) is 0 Å². The largest absolute Gasteiger partial charge is 0.259 e. The van der Waals surface area contributed by atoms with E-state index in [4.69, 9.17) is 0 Å². The van der Waals surface area contributed by atoms with Gasteiger partial charge in [0.2, 0.25) is 0 Å². The molecule has 0 radical (unpaired) electrons. The second-order valence-electron chi connectivity index (χ2n) is 3.09. The predicted molar refractivity (Wildman–Crippen MR) is 70.8 cm³/mol. The molecule has 0 spiro atoms. The molecule has 2 aromatic rings. The smallest absolute Gasteiger partial charge is 0.170 e. The van der Waals surface area contributed by atoms with Gasteiger partial charge < -0.3 is 0 Å². The molecule has 0 saturated carbocycles. The van der Waals surface area contributed by atoms with Gasteiger partial charge in [-0.15, -0.1) is 0 Å². The Morgan fingerprint density at radius 2 is 2.31 bits per heavy atom. The Bertz CT molecular complexity index is 455. The van der Waals surface area contributed by atoms with Gasteiger partial charge in [-0.2, -0.15) is 4.37 Å². The fraction of sp³-hybridized carbons (Fsp3) is 0.300. The van der Waals surface area contributed by atoms with E-state index >= 15 is 0 Å². The highest BCUT2D eigenvalue weighted by molar-refractivity contribution is 9.10. The monoisotopic (exact) mass is 315 g/mol. The van der Waals surface area contributed by atoms with Crippen LogP contribution in [0.2, 0.25) is 0 Å². The number of aryl methyl sites for hydroxylation is 1. The predicted octanol–water partition coefficient (Wildman–Crippen LogP) is 3.55. The van der Waals surface area contributed by atoms with Crippen LogP contribution in [0.25, 0.3) is 0 Å². The van der Waals surface area contributed by atoms with Crippen LogP contribution >= 0.6 is 39.2 Å². The zero-order valence-electron chi connectivity index (χ0n) is 8.68. The molecule has 2 rings (SSSR count). The third-order valence-electron chi connectivity index (χ3n) is 1.90. The molecule has 0 aliphatic carbocycles. The Hall–Kier alpha value is -0.460. The molecule has 2 heterocycles. The van der Waals surface area contributed by atoms with E-state index in [2.05, 4.69) is 37.2 Å². The van der Waals surface area contributed by atoms with Crippen molar-refractivity contribution in [2.45, 2.75) is 23.4 Å². The van der Waals surface area contributed by atoms with E-state index in [1.54, 1.807) is 11.8 Å². The molecular weight excluding hydrogens is 306 g/mol. The van der Waals surface area contributed by atoms with Crippen molar-refractivity contribution in [1.82, 2.24) is 14.3 Å². The Labute approximate surface area is 111 Å². The van der Waals surface area contributed by atoms with Crippen LogP contribution in [-0.2, 0) is 12.2 Å². The highest BCUT2D eigenvalue weighted by Crippen LogP contribution is 2.24. The lowest BCUT2D eigenvalue weighted by molar-refractivity contribution is 0.971. The highest BCUT2D eigenvalue weighted by Gasteiger charge is 2.03. The Kier molecular flexibility index (Phi) is 4.31. The van der Waals surface area contributed by atoms with Crippen molar-refractivity contribution in [2.75, 3.05) is 0 Å². The molecule has 0 aliphatic heterocycles. The van der Waals surface area contributed by atoms with E-state index < -0.39 is 0 Å². The van der Waals surface area contributed by atoms with Crippen LogP contribution in [0.3, 0.4) is 0 Å². The first-order chi connectivity index (χ1) is 7.78. The van der Waals surface area contributed by atoms with Gasteiger partial charge in [-0.05, 0) is 39.6 Å². The topological polar surface area (TPSA) is 38.7 Å². The number of nitrogens with zero attached hydrogens (tertiary/aromatic N) is 3. The quantitative estimate of drug-likeness (QED) is 0.809. The van der Waals surface area contributed by atoms with E-state index in [1.807, 2.05) is 18.3 Å². The molecule has 16 heavy (non-hydrogen) atoms. The molecular formula is C10H10BrN3S2. The van der Waals surface area contributed by atoms with Crippen molar-refractivity contribution >= 4 is 39.2 Å². The van der Waals surface area contributed by atoms with Crippen molar-refractivity contribution in [2.24, 2.45) is 0 Å². The zero-order chi connectivity index (χ0) is 11.4. The molecule has 0 atom stereocenters. The molecule has 3 nitrogen and oxygen atoms in total.